The zero-order valence-corrected chi connectivity index (χ0v) is 22.6. The molecule has 212 valence electrons. The summed E-state index contributed by atoms with van der Waals surface area (Å²) in [6.07, 6.45) is -1.17. The zero-order chi connectivity index (χ0) is 29.2. The first-order chi connectivity index (χ1) is 18.9. The molecule has 1 saturated carbocycles. The average molecular weight is 558 g/mol. The van der Waals surface area contributed by atoms with Gasteiger partial charge in [0.05, 0.1) is 36.4 Å². The van der Waals surface area contributed by atoms with Crippen LogP contribution >= 0.6 is 0 Å². The van der Waals surface area contributed by atoms with E-state index in [-0.39, 0.29) is 42.2 Å². The topological polar surface area (TPSA) is 76.6 Å². The number of halogens is 4. The van der Waals surface area contributed by atoms with Crippen LogP contribution in [-0.4, -0.2) is 34.8 Å². The van der Waals surface area contributed by atoms with Gasteiger partial charge in [0, 0.05) is 18.2 Å². The van der Waals surface area contributed by atoms with Crippen molar-refractivity contribution in [2.75, 3.05) is 7.11 Å². The minimum atomic E-state index is -4.30. The van der Waals surface area contributed by atoms with Crippen molar-refractivity contribution in [2.24, 2.45) is 11.8 Å². The van der Waals surface area contributed by atoms with E-state index in [9.17, 15) is 27.6 Å². The van der Waals surface area contributed by atoms with Crippen LogP contribution in [-0.2, 0) is 5.41 Å². The van der Waals surface area contributed by atoms with Gasteiger partial charge in [-0.1, -0.05) is 6.58 Å². The molecule has 0 amide bonds. The summed E-state index contributed by atoms with van der Waals surface area (Å²) < 4.78 is 67.2. The highest BCUT2D eigenvalue weighted by Gasteiger charge is 2.48. The number of nitriles is 1. The molecule has 2 heterocycles. The molecule has 6 nitrogen and oxygen atoms in total. The Balaban J connectivity index is 1.68. The number of carbonyl (C=O) groups excluding carboxylic acids is 1. The van der Waals surface area contributed by atoms with Crippen molar-refractivity contribution >= 4 is 11.4 Å². The fourth-order valence-electron chi connectivity index (χ4n) is 4.86. The lowest BCUT2D eigenvalue weighted by Gasteiger charge is -2.20. The van der Waals surface area contributed by atoms with Crippen LogP contribution in [0.15, 0.2) is 49.3 Å². The summed E-state index contributed by atoms with van der Waals surface area (Å²) in [6, 6.07) is 8.92. The molecule has 40 heavy (non-hydrogen) atoms. The first-order valence-electron chi connectivity index (χ1n) is 13.0. The number of ether oxygens (including phenoxy) is 2. The number of rotatable bonds is 12. The van der Waals surface area contributed by atoms with Crippen molar-refractivity contribution < 1.29 is 31.8 Å². The lowest BCUT2D eigenvalue weighted by molar-refractivity contribution is -0.182. The van der Waals surface area contributed by atoms with Gasteiger partial charge in [0.1, 0.15) is 22.7 Å². The number of Topliss-reactive ketones (excluding diaryl/α,β-unsaturated/α-hetero) is 1. The van der Waals surface area contributed by atoms with Crippen LogP contribution in [0.5, 0.6) is 11.5 Å². The van der Waals surface area contributed by atoms with E-state index in [4.69, 9.17) is 9.47 Å². The highest BCUT2D eigenvalue weighted by Crippen LogP contribution is 2.47. The number of nitrogens with zero attached hydrogens (tertiary/aromatic N) is 3. The number of imidazole rings is 1. The molecule has 2 unspecified atom stereocenters. The number of pyridine rings is 1. The van der Waals surface area contributed by atoms with Gasteiger partial charge in [-0.05, 0) is 81.4 Å². The van der Waals surface area contributed by atoms with Crippen LogP contribution in [0.1, 0.15) is 61.9 Å². The second kappa shape index (κ2) is 11.3. The molecule has 10 heteroatoms. The van der Waals surface area contributed by atoms with Gasteiger partial charge in [0.2, 0.25) is 0 Å². The van der Waals surface area contributed by atoms with E-state index in [0.29, 0.717) is 29.7 Å². The van der Waals surface area contributed by atoms with Gasteiger partial charge in [0.25, 0.3) is 6.36 Å². The van der Waals surface area contributed by atoms with E-state index in [2.05, 4.69) is 17.6 Å². The van der Waals surface area contributed by atoms with E-state index >= 15 is 0 Å². The summed E-state index contributed by atoms with van der Waals surface area (Å²) in [5.41, 5.74) is 1.68. The predicted octanol–water partition coefficient (Wildman–Crippen LogP) is 7.61. The Morgan fingerprint density at radius 3 is 2.58 bits per heavy atom. The van der Waals surface area contributed by atoms with E-state index < -0.39 is 29.7 Å². The zero-order valence-electron chi connectivity index (χ0n) is 22.6. The molecular weight excluding hydrogens is 526 g/mol. The number of fused-ring (bicyclic) bond motifs is 1. The molecule has 2 atom stereocenters. The normalized spacial score (nSPS) is 15.3. The Morgan fingerprint density at radius 2 is 1.98 bits per heavy atom. The van der Waals surface area contributed by atoms with E-state index in [1.807, 2.05) is 0 Å². The largest absolute Gasteiger partial charge is 0.496 e. The van der Waals surface area contributed by atoms with Crippen LogP contribution in [0.25, 0.3) is 16.9 Å². The molecule has 0 aliphatic heterocycles. The van der Waals surface area contributed by atoms with Crippen molar-refractivity contribution in [3.8, 4) is 28.8 Å². The molecule has 0 saturated heterocycles. The fraction of sp³-hybridized carbons (Fsp3) is 0.433. The lowest BCUT2D eigenvalue weighted by atomic mass is 9.87. The third kappa shape index (κ3) is 6.14. The molecule has 2 aromatic heterocycles. The van der Waals surface area contributed by atoms with Gasteiger partial charge >= 0.3 is 6.18 Å². The lowest BCUT2D eigenvalue weighted by Crippen LogP contribution is -2.25. The highest BCUT2D eigenvalue weighted by molar-refractivity contribution is 6.02. The minimum Gasteiger partial charge on any atom is -0.496 e. The number of hydrogen-bond donors (Lipinski definition) is 0. The Kier molecular flexibility index (Phi) is 8.24. The van der Waals surface area contributed by atoms with Crippen LogP contribution in [0, 0.1) is 23.2 Å². The van der Waals surface area contributed by atoms with Crippen LogP contribution in [0.2, 0.25) is 0 Å². The summed E-state index contributed by atoms with van der Waals surface area (Å²) in [4.78, 5) is 17.7. The van der Waals surface area contributed by atoms with Gasteiger partial charge in [-0.25, -0.2) is 4.98 Å². The molecule has 0 N–H and O–H groups in total. The molecule has 4 rings (SSSR count). The molecule has 0 spiro atoms. The van der Waals surface area contributed by atoms with E-state index in [1.165, 1.54) is 13.2 Å². The van der Waals surface area contributed by atoms with Gasteiger partial charge in [-0.2, -0.15) is 22.8 Å². The molecule has 0 radical (unpaired) electrons. The first kappa shape index (κ1) is 29.1. The van der Waals surface area contributed by atoms with Crippen LogP contribution in [0.4, 0.5) is 17.6 Å². The number of carbonyl (C=O) groups is 1. The van der Waals surface area contributed by atoms with Crippen molar-refractivity contribution in [1.82, 2.24) is 9.38 Å². The molecule has 1 aliphatic carbocycles. The van der Waals surface area contributed by atoms with Gasteiger partial charge in [-0.15, -0.1) is 0 Å². The van der Waals surface area contributed by atoms with E-state index in [0.717, 1.165) is 11.6 Å². The quantitative estimate of drug-likeness (QED) is 0.130. The molecule has 1 aliphatic rings. The van der Waals surface area contributed by atoms with E-state index in [1.54, 1.807) is 48.8 Å². The van der Waals surface area contributed by atoms with Crippen molar-refractivity contribution in [3.63, 3.8) is 0 Å². The molecule has 0 bridgehead atoms. The SMILES string of the molecule is C=CC(F)Oc1cc(-c2cnc3cc(C(C)(C)C#N)ccn23)cc(OC)c1C(=O)CCCC(C1CC1)C(F)(F)F. The number of hydrogen-bond acceptors (Lipinski definition) is 5. The first-order valence-corrected chi connectivity index (χ1v) is 13.0. The molecule has 3 aromatic rings. The van der Waals surface area contributed by atoms with Crippen LogP contribution in [0.3, 0.4) is 0 Å². The molecule has 1 fully saturated rings. The average Bonchev–Trinajstić information content (AvgIpc) is 3.66. The van der Waals surface area contributed by atoms with Gasteiger partial charge in [0.15, 0.2) is 5.78 Å². The number of methoxy groups -OCH3 is 1. The summed E-state index contributed by atoms with van der Waals surface area (Å²) in [6.45, 7) is 6.98. The Morgan fingerprint density at radius 1 is 1.27 bits per heavy atom. The van der Waals surface area contributed by atoms with Crippen molar-refractivity contribution in [2.45, 2.75) is 63.9 Å². The number of alkyl halides is 4. The third-order valence-electron chi connectivity index (χ3n) is 7.33. The van der Waals surface area contributed by atoms with Crippen LogP contribution < -0.4 is 9.47 Å². The Hall–Kier alpha value is -3.87. The maximum absolute atomic E-state index is 14.3. The van der Waals surface area contributed by atoms with Crippen molar-refractivity contribution in [1.29, 1.82) is 5.26 Å². The Labute approximate surface area is 230 Å². The maximum atomic E-state index is 14.3. The van der Waals surface area contributed by atoms with Crippen molar-refractivity contribution in [3.05, 3.63) is 60.4 Å². The van der Waals surface area contributed by atoms with Gasteiger partial charge in [-0.3, -0.25) is 9.20 Å². The Bertz CT molecular complexity index is 1450. The minimum absolute atomic E-state index is 0.0268. The standard InChI is InChI=1S/C30H31F4N3O3/c1-5-26(31)40-25-14-19(22-16-36-27-15-20(11-12-37(22)27)29(2,3)17-35)13-24(39-4)28(25)23(38)8-6-7-21(18-9-10-18)30(32,33)34/h5,11-16,18,21,26H,1,6-10H2,2-4H3. The maximum Gasteiger partial charge on any atom is 0.392 e. The summed E-state index contributed by atoms with van der Waals surface area (Å²) in [7, 11) is 1.34. The van der Waals surface area contributed by atoms with Gasteiger partial charge < -0.3 is 9.47 Å². The second-order valence-corrected chi connectivity index (χ2v) is 10.6. The predicted molar refractivity (Wildman–Crippen MR) is 142 cm³/mol. The molecule has 1 aromatic carbocycles. The second-order valence-electron chi connectivity index (χ2n) is 10.6. The number of ketones is 1. The number of benzene rings is 1. The summed E-state index contributed by atoms with van der Waals surface area (Å²) in [5.74, 6) is -2.33. The highest BCUT2D eigenvalue weighted by atomic mass is 19.4. The smallest absolute Gasteiger partial charge is 0.392 e. The fourth-order valence-corrected chi connectivity index (χ4v) is 4.86. The summed E-state index contributed by atoms with van der Waals surface area (Å²) >= 11 is 0. The monoisotopic (exact) mass is 557 g/mol. The molecular formula is C30H31F4N3O3. The third-order valence-corrected chi connectivity index (χ3v) is 7.33. The number of aromatic nitrogens is 2. The summed E-state index contributed by atoms with van der Waals surface area (Å²) in [5, 5.41) is 9.48.